The standard InChI is InChI=1S/C13H16N4O4.ClH/c1-2-3-4-8-5-9(18)11(12-15-7-16-17(8)12)13(21)14-6-10(19)20;/h5,7,18H,2-4,6H2,1H3,(H,14,21)(H,19,20);1H. The zero-order valence-electron chi connectivity index (χ0n) is 11.9. The van der Waals surface area contributed by atoms with Crippen LogP contribution in [0.3, 0.4) is 0 Å². The molecule has 0 atom stereocenters. The van der Waals surface area contributed by atoms with Crippen molar-refractivity contribution in [1.29, 1.82) is 0 Å². The zero-order valence-corrected chi connectivity index (χ0v) is 12.8. The second-order valence-corrected chi connectivity index (χ2v) is 4.57. The summed E-state index contributed by atoms with van der Waals surface area (Å²) in [5.41, 5.74) is 0.884. The van der Waals surface area contributed by atoms with Crippen LogP contribution in [0.5, 0.6) is 5.75 Å². The first-order valence-corrected chi connectivity index (χ1v) is 6.59. The van der Waals surface area contributed by atoms with Crippen LogP contribution < -0.4 is 5.32 Å². The molecule has 0 saturated heterocycles. The molecule has 8 nitrogen and oxygen atoms in total. The molecule has 0 unspecified atom stereocenters. The van der Waals surface area contributed by atoms with Crippen molar-refractivity contribution in [2.24, 2.45) is 0 Å². The van der Waals surface area contributed by atoms with Crippen molar-refractivity contribution in [3.05, 3.63) is 23.7 Å². The Balaban J connectivity index is 0.00000242. The maximum Gasteiger partial charge on any atom is 0.322 e. The number of aromatic nitrogens is 3. The van der Waals surface area contributed by atoms with Crippen LogP contribution in [-0.2, 0) is 11.2 Å². The van der Waals surface area contributed by atoms with Crippen LogP contribution in [0.25, 0.3) is 5.65 Å². The molecule has 0 bridgehead atoms. The topological polar surface area (TPSA) is 117 Å². The van der Waals surface area contributed by atoms with E-state index in [-0.39, 0.29) is 29.4 Å². The predicted octanol–water partition coefficient (Wildman–Crippen LogP) is 1.01. The summed E-state index contributed by atoms with van der Waals surface area (Å²) in [6, 6.07) is 1.47. The Morgan fingerprint density at radius 1 is 1.41 bits per heavy atom. The van der Waals surface area contributed by atoms with Crippen LogP contribution in [0.1, 0.15) is 35.8 Å². The number of hydrogen-bond donors (Lipinski definition) is 3. The third-order valence-electron chi connectivity index (χ3n) is 3.02. The number of unbranched alkanes of at least 4 members (excludes halogenated alkanes) is 1. The van der Waals surface area contributed by atoms with Gasteiger partial charge in [0, 0.05) is 11.8 Å². The number of carbonyl (C=O) groups is 2. The average Bonchev–Trinajstić information content (AvgIpc) is 2.91. The summed E-state index contributed by atoms with van der Waals surface area (Å²) in [6.45, 7) is 1.52. The Kier molecular flexibility index (Phi) is 6.11. The van der Waals surface area contributed by atoms with Crippen LogP contribution >= 0.6 is 12.4 Å². The first kappa shape index (κ1) is 17.7. The molecule has 0 radical (unpaired) electrons. The normalized spacial score (nSPS) is 10.2. The molecule has 0 saturated carbocycles. The summed E-state index contributed by atoms with van der Waals surface area (Å²) in [7, 11) is 0. The highest BCUT2D eigenvalue weighted by Gasteiger charge is 2.20. The van der Waals surface area contributed by atoms with E-state index in [9.17, 15) is 14.7 Å². The number of aromatic hydroxyl groups is 1. The summed E-state index contributed by atoms with van der Waals surface area (Å²) in [4.78, 5) is 26.5. The van der Waals surface area contributed by atoms with E-state index in [2.05, 4.69) is 15.4 Å². The summed E-state index contributed by atoms with van der Waals surface area (Å²) in [6.07, 6.45) is 3.88. The Bertz CT molecular complexity index is 686. The minimum atomic E-state index is -1.17. The third-order valence-corrected chi connectivity index (χ3v) is 3.02. The Morgan fingerprint density at radius 2 is 2.14 bits per heavy atom. The number of carboxylic acid groups (broad SMARTS) is 1. The summed E-state index contributed by atoms with van der Waals surface area (Å²) >= 11 is 0. The Morgan fingerprint density at radius 3 is 2.77 bits per heavy atom. The molecule has 0 spiro atoms. The smallest absolute Gasteiger partial charge is 0.322 e. The SMILES string of the molecule is CCCCc1cc(O)c(C(=O)NCC(=O)O)c2ncnn12.Cl. The van der Waals surface area contributed by atoms with E-state index in [0.717, 1.165) is 18.5 Å². The van der Waals surface area contributed by atoms with Crippen LogP contribution in [0.2, 0.25) is 0 Å². The van der Waals surface area contributed by atoms with E-state index in [4.69, 9.17) is 5.11 Å². The Hall–Kier alpha value is -2.35. The maximum absolute atomic E-state index is 12.0. The number of halogens is 1. The molecule has 22 heavy (non-hydrogen) atoms. The number of hydrogen-bond acceptors (Lipinski definition) is 5. The van der Waals surface area contributed by atoms with Gasteiger partial charge < -0.3 is 15.5 Å². The molecule has 2 heterocycles. The summed E-state index contributed by atoms with van der Waals surface area (Å²) in [5, 5.41) is 24.9. The number of carboxylic acids is 1. The van der Waals surface area contributed by atoms with Crippen molar-refractivity contribution in [2.45, 2.75) is 26.2 Å². The van der Waals surface area contributed by atoms with Crippen LogP contribution in [0, 0.1) is 0 Å². The maximum atomic E-state index is 12.0. The van der Waals surface area contributed by atoms with E-state index in [0.29, 0.717) is 6.42 Å². The second kappa shape index (κ2) is 7.60. The van der Waals surface area contributed by atoms with Crippen molar-refractivity contribution in [2.75, 3.05) is 6.54 Å². The number of nitrogens with zero attached hydrogens (tertiary/aromatic N) is 3. The van der Waals surface area contributed by atoms with E-state index < -0.39 is 18.4 Å². The highest BCUT2D eigenvalue weighted by Crippen LogP contribution is 2.23. The molecule has 1 amide bonds. The van der Waals surface area contributed by atoms with Crippen molar-refractivity contribution in [3.8, 4) is 5.75 Å². The van der Waals surface area contributed by atoms with Gasteiger partial charge in [0.2, 0.25) is 0 Å². The van der Waals surface area contributed by atoms with Crippen molar-refractivity contribution in [3.63, 3.8) is 0 Å². The predicted molar refractivity (Wildman–Crippen MR) is 80.5 cm³/mol. The molecule has 0 aliphatic heterocycles. The van der Waals surface area contributed by atoms with Gasteiger partial charge in [-0.05, 0) is 12.8 Å². The highest BCUT2D eigenvalue weighted by atomic mass is 35.5. The first-order chi connectivity index (χ1) is 10.0. The first-order valence-electron chi connectivity index (χ1n) is 6.59. The molecule has 2 rings (SSSR count). The van der Waals surface area contributed by atoms with Crippen molar-refractivity contribution < 1.29 is 19.8 Å². The van der Waals surface area contributed by atoms with Gasteiger partial charge in [-0.15, -0.1) is 12.4 Å². The fraction of sp³-hybridized carbons (Fsp3) is 0.385. The fourth-order valence-electron chi connectivity index (χ4n) is 2.03. The molecular weight excluding hydrogens is 312 g/mol. The van der Waals surface area contributed by atoms with Gasteiger partial charge in [0.05, 0.1) is 0 Å². The van der Waals surface area contributed by atoms with Gasteiger partial charge in [0.25, 0.3) is 5.91 Å². The van der Waals surface area contributed by atoms with E-state index in [1.54, 1.807) is 0 Å². The molecule has 0 aliphatic carbocycles. The van der Waals surface area contributed by atoms with Gasteiger partial charge >= 0.3 is 5.97 Å². The van der Waals surface area contributed by atoms with Gasteiger partial charge in [-0.25, -0.2) is 9.50 Å². The largest absolute Gasteiger partial charge is 0.507 e. The fourth-order valence-corrected chi connectivity index (χ4v) is 2.03. The molecule has 9 heteroatoms. The number of carbonyl (C=O) groups excluding carboxylic acids is 1. The number of aliphatic carboxylic acids is 1. The number of fused-ring (bicyclic) bond motifs is 1. The lowest BCUT2D eigenvalue weighted by atomic mass is 10.1. The second-order valence-electron chi connectivity index (χ2n) is 4.57. The highest BCUT2D eigenvalue weighted by molar-refractivity contribution is 6.03. The number of pyridine rings is 1. The van der Waals surface area contributed by atoms with Crippen LogP contribution in [0.4, 0.5) is 0 Å². The van der Waals surface area contributed by atoms with E-state index >= 15 is 0 Å². The zero-order chi connectivity index (χ0) is 15.4. The van der Waals surface area contributed by atoms with Gasteiger partial charge in [-0.1, -0.05) is 13.3 Å². The molecule has 2 aromatic rings. The molecule has 120 valence electrons. The lowest BCUT2D eigenvalue weighted by molar-refractivity contribution is -0.135. The van der Waals surface area contributed by atoms with Gasteiger partial charge in [0.1, 0.15) is 24.2 Å². The van der Waals surface area contributed by atoms with Crippen LogP contribution in [-0.4, -0.2) is 43.2 Å². The number of aryl methyl sites for hydroxylation is 1. The van der Waals surface area contributed by atoms with Crippen molar-refractivity contribution >= 4 is 29.9 Å². The van der Waals surface area contributed by atoms with Gasteiger partial charge in [-0.2, -0.15) is 5.10 Å². The van der Waals surface area contributed by atoms with Gasteiger partial charge in [-0.3, -0.25) is 9.59 Å². The quantitative estimate of drug-likeness (QED) is 0.728. The van der Waals surface area contributed by atoms with E-state index in [1.165, 1.54) is 16.9 Å². The molecular formula is C13H17ClN4O4. The minimum absolute atomic E-state index is 0. The molecule has 0 aromatic carbocycles. The summed E-state index contributed by atoms with van der Waals surface area (Å²) in [5.74, 6) is -2.10. The number of amides is 1. The molecule has 2 aromatic heterocycles. The third kappa shape index (κ3) is 3.64. The number of rotatable bonds is 6. The van der Waals surface area contributed by atoms with Gasteiger partial charge in [0.15, 0.2) is 5.65 Å². The lowest BCUT2D eigenvalue weighted by Crippen LogP contribution is -2.29. The van der Waals surface area contributed by atoms with Crippen molar-refractivity contribution in [1.82, 2.24) is 19.9 Å². The number of nitrogens with one attached hydrogen (secondary N) is 1. The monoisotopic (exact) mass is 328 g/mol. The summed E-state index contributed by atoms with van der Waals surface area (Å²) < 4.78 is 1.49. The van der Waals surface area contributed by atoms with E-state index in [1.807, 2.05) is 6.92 Å². The molecule has 0 aliphatic rings. The lowest BCUT2D eigenvalue weighted by Gasteiger charge is -2.10. The van der Waals surface area contributed by atoms with Crippen LogP contribution in [0.15, 0.2) is 12.4 Å². The molecule has 0 fully saturated rings. The molecule has 3 N–H and O–H groups in total. The average molecular weight is 329 g/mol. The minimum Gasteiger partial charge on any atom is -0.507 e. The Labute approximate surface area is 132 Å².